The smallest absolute Gasteiger partial charge is 0.152 e. The van der Waals surface area contributed by atoms with Gasteiger partial charge in [0.2, 0.25) is 0 Å². The van der Waals surface area contributed by atoms with Gasteiger partial charge in [0.1, 0.15) is 0 Å². The summed E-state index contributed by atoms with van der Waals surface area (Å²) >= 11 is 0. The van der Waals surface area contributed by atoms with Crippen LogP contribution in [0.15, 0.2) is 0 Å². The minimum absolute atomic E-state index is 0.145. The van der Waals surface area contributed by atoms with Crippen LogP contribution in [0.3, 0.4) is 0 Å². The van der Waals surface area contributed by atoms with E-state index in [0.29, 0.717) is 18.9 Å². The highest BCUT2D eigenvalue weighted by Crippen LogP contribution is 2.13. The second-order valence-corrected chi connectivity index (χ2v) is 4.57. The van der Waals surface area contributed by atoms with Gasteiger partial charge in [-0.25, -0.2) is 0 Å². The third kappa shape index (κ3) is 4.73. The highest BCUT2D eigenvalue weighted by Gasteiger charge is 2.23. The molecule has 0 spiro atoms. The third-order valence-electron chi connectivity index (χ3n) is 2.74. The van der Waals surface area contributed by atoms with Crippen molar-refractivity contribution in [3.8, 4) is 0 Å². The molecule has 4 nitrogen and oxygen atoms in total. The molecule has 1 saturated heterocycles. The molecular weight excluding hydrogens is 192 g/mol. The molecule has 0 aliphatic carbocycles. The number of ether oxygens (including phenoxy) is 1. The first-order valence-corrected chi connectivity index (χ1v) is 5.53. The number of carbonyl (C=O) groups is 1. The predicted molar refractivity (Wildman–Crippen MR) is 60.0 cm³/mol. The fourth-order valence-corrected chi connectivity index (χ4v) is 1.63. The van der Waals surface area contributed by atoms with Gasteiger partial charge in [-0.3, -0.25) is 9.69 Å². The molecule has 1 unspecified atom stereocenters. The predicted octanol–water partition coefficient (Wildman–Crippen LogP) is 0.0854. The van der Waals surface area contributed by atoms with Gasteiger partial charge in [-0.15, -0.1) is 0 Å². The minimum Gasteiger partial charge on any atom is -0.381 e. The summed E-state index contributed by atoms with van der Waals surface area (Å²) in [6, 6.07) is 0. The highest BCUT2D eigenvalue weighted by molar-refractivity contribution is 5.83. The monoisotopic (exact) mass is 214 g/mol. The topological polar surface area (TPSA) is 32.8 Å². The van der Waals surface area contributed by atoms with E-state index in [4.69, 9.17) is 4.74 Å². The van der Waals surface area contributed by atoms with Crippen molar-refractivity contribution in [2.24, 2.45) is 5.92 Å². The van der Waals surface area contributed by atoms with E-state index in [9.17, 15) is 4.79 Å². The number of nitrogens with zero attached hydrogens (tertiary/aromatic N) is 2. The number of ketones is 1. The summed E-state index contributed by atoms with van der Waals surface area (Å²) in [5.74, 6) is 0.473. The van der Waals surface area contributed by atoms with Crippen molar-refractivity contribution in [2.75, 3.05) is 54.0 Å². The van der Waals surface area contributed by atoms with Crippen molar-refractivity contribution in [3.05, 3.63) is 0 Å². The second-order valence-electron chi connectivity index (χ2n) is 4.57. The van der Waals surface area contributed by atoms with Crippen LogP contribution < -0.4 is 0 Å². The molecule has 1 fully saturated rings. The number of carbonyl (C=O) groups excluding carboxylic acids is 1. The summed E-state index contributed by atoms with van der Waals surface area (Å²) in [6.45, 7) is 3.86. The number of likely N-dealkylation sites (N-methyl/N-ethyl adjacent to an activating group) is 2. The van der Waals surface area contributed by atoms with Gasteiger partial charge in [0.15, 0.2) is 5.78 Å². The van der Waals surface area contributed by atoms with Crippen LogP contribution in [0.1, 0.15) is 6.42 Å². The van der Waals surface area contributed by atoms with E-state index in [2.05, 4.69) is 9.80 Å². The lowest BCUT2D eigenvalue weighted by atomic mass is 10.0. The van der Waals surface area contributed by atoms with Gasteiger partial charge in [0.05, 0.1) is 13.2 Å². The summed E-state index contributed by atoms with van der Waals surface area (Å²) in [6.07, 6.45) is 0.903. The Morgan fingerprint density at radius 3 is 2.60 bits per heavy atom. The van der Waals surface area contributed by atoms with E-state index in [-0.39, 0.29) is 5.92 Å². The largest absolute Gasteiger partial charge is 0.381 e. The molecule has 0 saturated carbocycles. The van der Waals surface area contributed by atoms with Gasteiger partial charge in [0, 0.05) is 25.6 Å². The van der Waals surface area contributed by atoms with Gasteiger partial charge < -0.3 is 9.64 Å². The highest BCUT2D eigenvalue weighted by atomic mass is 16.5. The Hall–Kier alpha value is -0.450. The Balaban J connectivity index is 2.18. The van der Waals surface area contributed by atoms with Crippen molar-refractivity contribution >= 4 is 5.78 Å². The Kier molecular flexibility index (Phi) is 5.22. The number of Topliss-reactive ketones (excluding diaryl/α,β-unsaturated/α-hetero) is 1. The average molecular weight is 214 g/mol. The summed E-state index contributed by atoms with van der Waals surface area (Å²) in [5, 5.41) is 0. The first-order chi connectivity index (χ1) is 7.09. The molecule has 1 aliphatic rings. The molecule has 1 atom stereocenters. The standard InChI is InChI=1S/C11H22N2O2/c1-12(2)5-6-13(3)8-11(14)10-4-7-15-9-10/h10H,4-9H2,1-3H3. The molecule has 0 aromatic rings. The Morgan fingerprint density at radius 1 is 1.33 bits per heavy atom. The zero-order valence-electron chi connectivity index (χ0n) is 10.0. The summed E-state index contributed by atoms with van der Waals surface area (Å²) in [7, 11) is 6.08. The van der Waals surface area contributed by atoms with Crippen molar-refractivity contribution in [1.29, 1.82) is 0 Å². The first-order valence-electron chi connectivity index (χ1n) is 5.53. The summed E-state index contributed by atoms with van der Waals surface area (Å²) in [4.78, 5) is 16.0. The first kappa shape index (κ1) is 12.6. The molecule has 15 heavy (non-hydrogen) atoms. The maximum atomic E-state index is 11.8. The van der Waals surface area contributed by atoms with Gasteiger partial charge in [-0.1, -0.05) is 0 Å². The lowest BCUT2D eigenvalue weighted by Crippen LogP contribution is -2.35. The van der Waals surface area contributed by atoms with Crippen LogP contribution in [-0.4, -0.2) is 69.6 Å². The fraction of sp³-hybridized carbons (Fsp3) is 0.909. The fourth-order valence-electron chi connectivity index (χ4n) is 1.63. The molecule has 1 aliphatic heterocycles. The SMILES string of the molecule is CN(C)CCN(C)CC(=O)C1CCOC1. The lowest BCUT2D eigenvalue weighted by Gasteiger charge is -2.19. The minimum atomic E-state index is 0.145. The Labute approximate surface area is 92.2 Å². The van der Waals surface area contributed by atoms with Gasteiger partial charge in [0.25, 0.3) is 0 Å². The van der Waals surface area contributed by atoms with Crippen LogP contribution >= 0.6 is 0 Å². The summed E-state index contributed by atoms with van der Waals surface area (Å²) in [5.41, 5.74) is 0. The van der Waals surface area contributed by atoms with Crippen molar-refractivity contribution < 1.29 is 9.53 Å². The normalized spacial score (nSPS) is 21.5. The summed E-state index contributed by atoms with van der Waals surface area (Å²) < 4.78 is 5.21. The molecule has 0 N–H and O–H groups in total. The van der Waals surface area contributed by atoms with Crippen LogP contribution in [-0.2, 0) is 9.53 Å². The van der Waals surface area contributed by atoms with E-state index < -0.39 is 0 Å². The maximum absolute atomic E-state index is 11.8. The molecular formula is C11H22N2O2. The van der Waals surface area contributed by atoms with Crippen LogP contribution in [0.4, 0.5) is 0 Å². The molecule has 0 amide bonds. The van der Waals surface area contributed by atoms with Crippen LogP contribution in [0.25, 0.3) is 0 Å². The number of rotatable bonds is 6. The number of hydrogen-bond donors (Lipinski definition) is 0. The van der Waals surface area contributed by atoms with Crippen molar-refractivity contribution in [1.82, 2.24) is 9.80 Å². The quantitative estimate of drug-likeness (QED) is 0.627. The molecule has 1 rings (SSSR count). The molecule has 1 heterocycles. The van der Waals surface area contributed by atoms with Crippen molar-refractivity contribution in [3.63, 3.8) is 0 Å². The van der Waals surface area contributed by atoms with Crippen LogP contribution in [0.5, 0.6) is 0 Å². The maximum Gasteiger partial charge on any atom is 0.152 e. The van der Waals surface area contributed by atoms with E-state index in [1.165, 1.54) is 0 Å². The van der Waals surface area contributed by atoms with Gasteiger partial charge in [-0.2, -0.15) is 0 Å². The molecule has 88 valence electrons. The lowest BCUT2D eigenvalue weighted by molar-refractivity contribution is -0.123. The average Bonchev–Trinajstić information content (AvgIpc) is 2.67. The van der Waals surface area contributed by atoms with Gasteiger partial charge in [-0.05, 0) is 27.6 Å². The van der Waals surface area contributed by atoms with E-state index in [1.807, 2.05) is 21.1 Å². The Bertz CT molecular complexity index is 201. The van der Waals surface area contributed by atoms with E-state index >= 15 is 0 Å². The van der Waals surface area contributed by atoms with Crippen LogP contribution in [0.2, 0.25) is 0 Å². The second kappa shape index (κ2) is 6.20. The van der Waals surface area contributed by atoms with E-state index in [1.54, 1.807) is 0 Å². The third-order valence-corrected chi connectivity index (χ3v) is 2.74. The molecule has 0 bridgehead atoms. The Morgan fingerprint density at radius 2 is 2.07 bits per heavy atom. The molecule has 0 aromatic carbocycles. The van der Waals surface area contributed by atoms with Crippen molar-refractivity contribution in [2.45, 2.75) is 6.42 Å². The molecule has 4 heteroatoms. The van der Waals surface area contributed by atoms with E-state index in [0.717, 1.165) is 26.1 Å². The number of hydrogen-bond acceptors (Lipinski definition) is 4. The zero-order chi connectivity index (χ0) is 11.3. The van der Waals surface area contributed by atoms with Crippen LogP contribution in [0, 0.1) is 5.92 Å². The molecule has 0 radical (unpaired) electrons. The molecule has 0 aromatic heterocycles. The zero-order valence-corrected chi connectivity index (χ0v) is 10.0. The van der Waals surface area contributed by atoms with Gasteiger partial charge >= 0.3 is 0 Å².